The van der Waals surface area contributed by atoms with Gasteiger partial charge in [-0.05, 0) is 56.0 Å². The summed E-state index contributed by atoms with van der Waals surface area (Å²) in [6.45, 7) is 7.27. The predicted octanol–water partition coefficient (Wildman–Crippen LogP) is 3.77. The van der Waals surface area contributed by atoms with E-state index in [0.29, 0.717) is 5.56 Å². The molecule has 154 valence electrons. The number of nitrogens with one attached hydrogen (secondary N) is 1. The van der Waals surface area contributed by atoms with E-state index in [2.05, 4.69) is 5.32 Å². The Morgan fingerprint density at radius 2 is 1.66 bits per heavy atom. The smallest absolute Gasteiger partial charge is 0.255 e. The van der Waals surface area contributed by atoms with E-state index < -0.39 is 21.3 Å². The van der Waals surface area contributed by atoms with Crippen LogP contribution in [0.1, 0.15) is 49.2 Å². The van der Waals surface area contributed by atoms with Crippen LogP contribution in [0.3, 0.4) is 0 Å². The first-order valence-corrected chi connectivity index (χ1v) is 11.3. The van der Waals surface area contributed by atoms with E-state index in [1.807, 2.05) is 32.0 Å². The first-order chi connectivity index (χ1) is 13.6. The molecule has 2 aromatic carbocycles. The molecule has 0 saturated carbocycles. The molecule has 0 atom stereocenters. The zero-order chi connectivity index (χ0) is 21.4. The molecule has 7 heteroatoms. The van der Waals surface area contributed by atoms with Gasteiger partial charge in [-0.15, -0.1) is 0 Å². The Morgan fingerprint density at radius 3 is 2.17 bits per heavy atom. The molecule has 3 rings (SSSR count). The lowest BCUT2D eigenvalue weighted by molar-refractivity contribution is -0.123. The third-order valence-corrected chi connectivity index (χ3v) is 7.18. The maximum absolute atomic E-state index is 12.9. The van der Waals surface area contributed by atoms with Gasteiger partial charge in [-0.25, -0.2) is 12.7 Å². The normalized spacial score (nSPS) is 17.4. The molecule has 1 fully saturated rings. The standard InChI is InChI=1S/C22H26N2O4S/c1-5-15-9-7-10-16(6-2)19(15)23-20(25)17-11-8-12-18(13-17)24-21(26)22(3,4)14-29(24,27)28/h7-13H,5-6,14H2,1-4H3,(H,23,25). The van der Waals surface area contributed by atoms with Crippen LogP contribution in [0, 0.1) is 5.41 Å². The van der Waals surface area contributed by atoms with Gasteiger partial charge in [0.25, 0.3) is 5.91 Å². The summed E-state index contributed by atoms with van der Waals surface area (Å²) in [5, 5.41) is 2.97. The second-order valence-electron chi connectivity index (χ2n) is 7.87. The van der Waals surface area contributed by atoms with Gasteiger partial charge < -0.3 is 5.32 Å². The number of amides is 2. The Bertz CT molecular complexity index is 1050. The highest BCUT2D eigenvalue weighted by Gasteiger charge is 2.49. The zero-order valence-corrected chi connectivity index (χ0v) is 18.0. The van der Waals surface area contributed by atoms with Gasteiger partial charge in [-0.1, -0.05) is 38.1 Å². The Labute approximate surface area is 172 Å². The van der Waals surface area contributed by atoms with Gasteiger partial charge in [0.1, 0.15) is 0 Å². The lowest BCUT2D eigenvalue weighted by Crippen LogP contribution is -2.33. The fraction of sp³-hybridized carbons (Fsp3) is 0.364. The van der Waals surface area contributed by atoms with E-state index >= 15 is 0 Å². The van der Waals surface area contributed by atoms with E-state index in [9.17, 15) is 18.0 Å². The topological polar surface area (TPSA) is 83.6 Å². The Kier molecular flexibility index (Phi) is 5.54. The van der Waals surface area contributed by atoms with Gasteiger partial charge in [-0.3, -0.25) is 9.59 Å². The van der Waals surface area contributed by atoms with Crippen molar-refractivity contribution in [3.63, 3.8) is 0 Å². The molecule has 0 unspecified atom stereocenters. The molecule has 29 heavy (non-hydrogen) atoms. The van der Waals surface area contributed by atoms with Crippen molar-refractivity contribution in [3.8, 4) is 0 Å². The quantitative estimate of drug-likeness (QED) is 0.807. The summed E-state index contributed by atoms with van der Waals surface area (Å²) in [5.74, 6) is -1.08. The first-order valence-electron chi connectivity index (χ1n) is 9.70. The Balaban J connectivity index is 1.95. The summed E-state index contributed by atoms with van der Waals surface area (Å²) < 4.78 is 25.9. The number of rotatable bonds is 5. The Hall–Kier alpha value is -2.67. The average Bonchev–Trinajstić information content (AvgIpc) is 2.84. The van der Waals surface area contributed by atoms with Crippen LogP contribution in [0.2, 0.25) is 0 Å². The largest absolute Gasteiger partial charge is 0.321 e. The number of aryl methyl sites for hydroxylation is 2. The number of hydrogen-bond acceptors (Lipinski definition) is 4. The van der Waals surface area contributed by atoms with Gasteiger partial charge in [-0.2, -0.15) is 0 Å². The number of anilines is 2. The molecule has 1 heterocycles. The van der Waals surface area contributed by atoms with E-state index in [0.717, 1.165) is 34.0 Å². The average molecular weight is 415 g/mol. The molecule has 1 aliphatic rings. The third-order valence-electron chi connectivity index (χ3n) is 5.17. The summed E-state index contributed by atoms with van der Waals surface area (Å²) in [6.07, 6.45) is 1.55. The first kappa shape index (κ1) is 21.0. The second kappa shape index (κ2) is 7.63. The summed E-state index contributed by atoms with van der Waals surface area (Å²) in [5.41, 5.74) is 2.35. The summed E-state index contributed by atoms with van der Waals surface area (Å²) in [7, 11) is -3.77. The van der Waals surface area contributed by atoms with Gasteiger partial charge in [0.15, 0.2) is 0 Å². The van der Waals surface area contributed by atoms with Crippen LogP contribution in [0.15, 0.2) is 42.5 Å². The molecule has 1 saturated heterocycles. The van der Waals surface area contributed by atoms with Crippen molar-refractivity contribution < 1.29 is 18.0 Å². The monoisotopic (exact) mass is 414 g/mol. The highest BCUT2D eigenvalue weighted by atomic mass is 32.2. The molecule has 2 aromatic rings. The molecule has 0 spiro atoms. The number of hydrogen-bond donors (Lipinski definition) is 1. The minimum atomic E-state index is -3.77. The molecule has 0 aromatic heterocycles. The summed E-state index contributed by atoms with van der Waals surface area (Å²) >= 11 is 0. The van der Waals surface area contributed by atoms with Crippen LogP contribution in [0.5, 0.6) is 0 Å². The van der Waals surface area contributed by atoms with Crippen molar-refractivity contribution in [3.05, 3.63) is 59.2 Å². The maximum atomic E-state index is 12.9. The molecule has 1 aliphatic heterocycles. The van der Waals surface area contributed by atoms with Crippen molar-refractivity contribution in [1.29, 1.82) is 0 Å². The summed E-state index contributed by atoms with van der Waals surface area (Å²) in [4.78, 5) is 25.6. The number of para-hydroxylation sites is 1. The zero-order valence-electron chi connectivity index (χ0n) is 17.2. The van der Waals surface area contributed by atoms with E-state index in [1.54, 1.807) is 26.0 Å². The van der Waals surface area contributed by atoms with Gasteiger partial charge in [0, 0.05) is 11.3 Å². The van der Waals surface area contributed by atoms with Crippen molar-refractivity contribution in [2.24, 2.45) is 5.41 Å². The highest BCUT2D eigenvalue weighted by molar-refractivity contribution is 7.94. The predicted molar refractivity (Wildman–Crippen MR) is 115 cm³/mol. The minimum Gasteiger partial charge on any atom is -0.321 e. The fourth-order valence-electron chi connectivity index (χ4n) is 3.62. The van der Waals surface area contributed by atoms with Crippen LogP contribution >= 0.6 is 0 Å². The molecule has 6 nitrogen and oxygen atoms in total. The van der Waals surface area contributed by atoms with Crippen LogP contribution in [0.25, 0.3) is 0 Å². The fourth-order valence-corrected chi connectivity index (χ4v) is 5.72. The Morgan fingerprint density at radius 1 is 1.07 bits per heavy atom. The summed E-state index contributed by atoms with van der Waals surface area (Å²) in [6, 6.07) is 12.1. The van der Waals surface area contributed by atoms with Gasteiger partial charge in [0.2, 0.25) is 15.9 Å². The minimum absolute atomic E-state index is 0.188. The van der Waals surface area contributed by atoms with E-state index in [4.69, 9.17) is 0 Å². The van der Waals surface area contributed by atoms with Crippen LogP contribution < -0.4 is 9.62 Å². The number of carbonyl (C=O) groups is 2. The molecule has 0 aliphatic carbocycles. The van der Waals surface area contributed by atoms with Gasteiger partial charge in [0.05, 0.1) is 16.9 Å². The van der Waals surface area contributed by atoms with E-state index in [1.165, 1.54) is 12.1 Å². The molecular weight excluding hydrogens is 388 g/mol. The highest BCUT2D eigenvalue weighted by Crippen LogP contribution is 2.36. The van der Waals surface area contributed by atoms with Crippen molar-refractivity contribution in [2.75, 3.05) is 15.4 Å². The van der Waals surface area contributed by atoms with Gasteiger partial charge >= 0.3 is 0 Å². The molecule has 2 amide bonds. The molecule has 0 radical (unpaired) electrons. The molecule has 0 bridgehead atoms. The molecular formula is C22H26N2O4S. The SMILES string of the molecule is CCc1cccc(CC)c1NC(=O)c1cccc(N2C(=O)C(C)(C)CS2(=O)=O)c1. The van der Waals surface area contributed by atoms with Crippen molar-refractivity contribution in [2.45, 2.75) is 40.5 Å². The lowest BCUT2D eigenvalue weighted by atomic mass is 9.95. The number of sulfonamides is 1. The number of nitrogens with zero attached hydrogens (tertiary/aromatic N) is 1. The maximum Gasteiger partial charge on any atom is 0.255 e. The third kappa shape index (κ3) is 3.92. The second-order valence-corrected chi connectivity index (χ2v) is 9.69. The van der Waals surface area contributed by atoms with Crippen LogP contribution in [-0.4, -0.2) is 26.0 Å². The number of benzene rings is 2. The molecule has 1 N–H and O–H groups in total. The van der Waals surface area contributed by atoms with Crippen molar-refractivity contribution >= 4 is 33.2 Å². The van der Waals surface area contributed by atoms with E-state index in [-0.39, 0.29) is 17.3 Å². The number of carbonyl (C=O) groups excluding carboxylic acids is 2. The lowest BCUT2D eigenvalue weighted by Gasteiger charge is -2.18. The van der Waals surface area contributed by atoms with Crippen molar-refractivity contribution in [1.82, 2.24) is 0 Å². The van der Waals surface area contributed by atoms with Crippen LogP contribution in [-0.2, 0) is 27.7 Å². The van der Waals surface area contributed by atoms with Crippen LogP contribution in [0.4, 0.5) is 11.4 Å².